The number of rotatable bonds is 6. The van der Waals surface area contributed by atoms with E-state index in [1.54, 1.807) is 0 Å². The highest BCUT2D eigenvalue weighted by atomic mass is 28.5. The van der Waals surface area contributed by atoms with Gasteiger partial charge in [0.2, 0.25) is 0 Å². The van der Waals surface area contributed by atoms with Crippen LogP contribution >= 0.6 is 0 Å². The van der Waals surface area contributed by atoms with Gasteiger partial charge in [0.15, 0.2) is 16.6 Å². The van der Waals surface area contributed by atoms with Crippen molar-refractivity contribution in [3.8, 4) is 0 Å². The molecule has 0 saturated heterocycles. The van der Waals surface area contributed by atoms with E-state index in [2.05, 4.69) is 39.3 Å². The minimum atomic E-state index is -1.64. The molecule has 24 heavy (non-hydrogen) atoms. The van der Waals surface area contributed by atoms with Crippen molar-refractivity contribution in [1.29, 1.82) is 0 Å². The van der Waals surface area contributed by atoms with Crippen LogP contribution in [-0.4, -0.2) is 32.3 Å². The van der Waals surface area contributed by atoms with Gasteiger partial charge in [-0.25, -0.2) is 0 Å². The molecule has 0 bridgehead atoms. The minimum absolute atomic E-state index is 0.339. The lowest BCUT2D eigenvalue weighted by atomic mass is 10.00. The molecule has 1 aliphatic rings. The molecule has 0 atom stereocenters. The van der Waals surface area contributed by atoms with Crippen LogP contribution < -0.4 is 0 Å². The smallest absolute Gasteiger partial charge is 0.414 e. The van der Waals surface area contributed by atoms with Crippen molar-refractivity contribution < 1.29 is 12.7 Å². The predicted molar refractivity (Wildman–Crippen MR) is 110 cm³/mol. The quantitative estimate of drug-likeness (QED) is 0.494. The molecule has 0 amide bonds. The Hall–Kier alpha value is 0.531. The van der Waals surface area contributed by atoms with Crippen molar-refractivity contribution in [3.63, 3.8) is 0 Å². The summed E-state index contributed by atoms with van der Waals surface area (Å²) < 4.78 is 19.1. The van der Waals surface area contributed by atoms with E-state index < -0.39 is 26.2 Å². The normalized spacial score (nSPS) is 20.6. The molecule has 0 N–H and O–H groups in total. The van der Waals surface area contributed by atoms with Gasteiger partial charge in [-0.3, -0.25) is 0 Å². The molecule has 6 heteroatoms. The predicted octanol–water partition coefficient (Wildman–Crippen LogP) is 6.36. The summed E-state index contributed by atoms with van der Waals surface area (Å²) in [5, 5.41) is 0. The van der Waals surface area contributed by atoms with Crippen molar-refractivity contribution in [2.45, 2.75) is 116 Å². The van der Waals surface area contributed by atoms with Gasteiger partial charge in [-0.15, -0.1) is 0 Å². The fraction of sp³-hybridized carbons (Fsp3) is 1.00. The standard InChI is InChI=1S/C18H41O3Si3/c1-23(2,3)20-22(21-24(4,5)6)19-18-16-14-12-10-8-7-9-11-13-15-17-18/h18H,7-17H2,1-6H3. The Bertz CT molecular complexity index is 298. The van der Waals surface area contributed by atoms with Crippen LogP contribution in [0.3, 0.4) is 0 Å². The average molecular weight is 390 g/mol. The van der Waals surface area contributed by atoms with E-state index in [4.69, 9.17) is 12.7 Å². The van der Waals surface area contributed by atoms with Gasteiger partial charge >= 0.3 is 9.53 Å². The van der Waals surface area contributed by atoms with Crippen LogP contribution in [0.25, 0.3) is 0 Å². The largest absolute Gasteiger partial charge is 0.555 e. The first-order chi connectivity index (χ1) is 11.2. The Morgan fingerprint density at radius 2 is 0.917 bits per heavy atom. The van der Waals surface area contributed by atoms with E-state index in [9.17, 15) is 0 Å². The molecule has 0 aromatic carbocycles. The van der Waals surface area contributed by atoms with Gasteiger partial charge in [0.25, 0.3) is 0 Å². The molecule has 0 unspecified atom stereocenters. The molecule has 1 radical (unpaired) electrons. The molecule has 1 aliphatic carbocycles. The third-order valence-corrected chi connectivity index (χ3v) is 10.9. The van der Waals surface area contributed by atoms with E-state index in [1.807, 2.05) is 0 Å². The lowest BCUT2D eigenvalue weighted by Crippen LogP contribution is -2.46. The van der Waals surface area contributed by atoms with Gasteiger partial charge < -0.3 is 12.7 Å². The second-order valence-corrected chi connectivity index (χ2v) is 20.0. The van der Waals surface area contributed by atoms with Gasteiger partial charge in [-0.2, -0.15) is 0 Å². The minimum Gasteiger partial charge on any atom is -0.414 e. The summed E-state index contributed by atoms with van der Waals surface area (Å²) >= 11 is 0. The molecule has 0 spiro atoms. The highest BCUT2D eigenvalue weighted by Gasteiger charge is 2.34. The highest BCUT2D eigenvalue weighted by Crippen LogP contribution is 2.21. The first kappa shape index (κ1) is 22.6. The van der Waals surface area contributed by atoms with Crippen molar-refractivity contribution in [2.24, 2.45) is 0 Å². The van der Waals surface area contributed by atoms with Crippen LogP contribution in [0, 0.1) is 0 Å². The van der Waals surface area contributed by atoms with Gasteiger partial charge in [0, 0.05) is 6.10 Å². The third-order valence-electron chi connectivity index (χ3n) is 4.09. The van der Waals surface area contributed by atoms with E-state index >= 15 is 0 Å². The van der Waals surface area contributed by atoms with E-state index in [-0.39, 0.29) is 0 Å². The van der Waals surface area contributed by atoms with Crippen molar-refractivity contribution >= 4 is 26.2 Å². The van der Waals surface area contributed by atoms with Crippen molar-refractivity contribution in [1.82, 2.24) is 0 Å². The number of hydrogen-bond acceptors (Lipinski definition) is 3. The van der Waals surface area contributed by atoms with Crippen molar-refractivity contribution in [3.05, 3.63) is 0 Å². The Labute approximate surface area is 155 Å². The van der Waals surface area contributed by atoms with E-state index in [0.29, 0.717) is 6.10 Å². The lowest BCUT2D eigenvalue weighted by molar-refractivity contribution is 0.108. The molecule has 1 rings (SSSR count). The summed E-state index contributed by atoms with van der Waals surface area (Å²) in [4.78, 5) is 0. The first-order valence-electron chi connectivity index (χ1n) is 10.1. The number of hydrogen-bond donors (Lipinski definition) is 0. The molecular formula is C18H41O3Si3. The van der Waals surface area contributed by atoms with Crippen LogP contribution in [0.2, 0.25) is 39.3 Å². The SMILES string of the molecule is C[Si](C)(C)O[Si](OC1CCCCCCCCCCC1)O[Si](C)(C)C. The average Bonchev–Trinajstić information content (AvgIpc) is 2.38. The third kappa shape index (κ3) is 12.8. The van der Waals surface area contributed by atoms with Gasteiger partial charge in [0.1, 0.15) is 0 Å². The molecule has 143 valence electrons. The summed E-state index contributed by atoms with van der Waals surface area (Å²) in [7, 11) is -4.88. The maximum atomic E-state index is 6.47. The summed E-state index contributed by atoms with van der Waals surface area (Å²) in [6, 6.07) is 0. The summed E-state index contributed by atoms with van der Waals surface area (Å²) in [6.45, 7) is 13.4. The van der Waals surface area contributed by atoms with Crippen LogP contribution in [0.4, 0.5) is 0 Å². The molecule has 0 aromatic heterocycles. The molecular weight excluding hydrogens is 348 g/mol. The molecule has 0 aromatic rings. The van der Waals surface area contributed by atoms with Gasteiger partial charge in [-0.05, 0) is 52.1 Å². The monoisotopic (exact) mass is 389 g/mol. The van der Waals surface area contributed by atoms with Crippen LogP contribution in [0.1, 0.15) is 70.6 Å². The van der Waals surface area contributed by atoms with Gasteiger partial charge in [-0.1, -0.05) is 57.8 Å². The van der Waals surface area contributed by atoms with Gasteiger partial charge in [0.05, 0.1) is 0 Å². The first-order valence-corrected chi connectivity index (χ1v) is 18.1. The van der Waals surface area contributed by atoms with Crippen LogP contribution in [0.5, 0.6) is 0 Å². The zero-order valence-electron chi connectivity index (χ0n) is 17.1. The Balaban J connectivity index is 2.60. The maximum absolute atomic E-state index is 6.47. The molecule has 1 saturated carbocycles. The molecule has 3 nitrogen and oxygen atoms in total. The second-order valence-electron chi connectivity index (χ2n) is 9.18. The Kier molecular flexibility index (Phi) is 10.6. The summed E-state index contributed by atoms with van der Waals surface area (Å²) in [5.41, 5.74) is 0. The van der Waals surface area contributed by atoms with E-state index in [0.717, 1.165) is 0 Å². The fourth-order valence-electron chi connectivity index (χ4n) is 2.95. The molecule has 1 fully saturated rings. The summed E-state index contributed by atoms with van der Waals surface area (Å²) in [5.74, 6) is 0. The zero-order chi connectivity index (χ0) is 18.1. The fourth-order valence-corrected chi connectivity index (χ4v) is 8.38. The zero-order valence-corrected chi connectivity index (χ0v) is 20.1. The second kappa shape index (κ2) is 11.3. The van der Waals surface area contributed by atoms with E-state index in [1.165, 1.54) is 70.6 Å². The van der Waals surface area contributed by atoms with Crippen LogP contribution in [0.15, 0.2) is 0 Å². The highest BCUT2D eigenvalue weighted by molar-refractivity contribution is 6.79. The topological polar surface area (TPSA) is 27.7 Å². The molecule has 0 heterocycles. The van der Waals surface area contributed by atoms with Crippen LogP contribution in [-0.2, 0) is 12.7 Å². The maximum Gasteiger partial charge on any atom is 0.555 e. The molecule has 0 aliphatic heterocycles. The Morgan fingerprint density at radius 3 is 1.25 bits per heavy atom. The Morgan fingerprint density at radius 1 is 0.583 bits per heavy atom. The summed E-state index contributed by atoms with van der Waals surface area (Å²) in [6.07, 6.45) is 15.0. The van der Waals surface area contributed by atoms with Crippen molar-refractivity contribution in [2.75, 3.05) is 0 Å². The lowest BCUT2D eigenvalue weighted by Gasteiger charge is -2.31.